The average molecular weight is 339 g/mol. The Morgan fingerprint density at radius 1 is 1.04 bits per heavy atom. The molecule has 2 N–H and O–H groups in total. The van der Waals surface area contributed by atoms with Crippen LogP contribution in [-0.2, 0) is 4.74 Å². The zero-order chi connectivity index (χ0) is 17.8. The summed E-state index contributed by atoms with van der Waals surface area (Å²) in [6, 6.07) is 14.6. The zero-order valence-corrected chi connectivity index (χ0v) is 13.2. The summed E-state index contributed by atoms with van der Waals surface area (Å²) in [5.41, 5.74) is 1.14. The standard InChI is InChI=1S/C18H14FN3O3/c1-25-18(24)22-16-10-12(7-8-13(16)19)20-17(23)15-9-6-11-4-2-3-5-14(11)21-15/h2-10H,1H3,(H,20,23)(H,22,24). The van der Waals surface area contributed by atoms with E-state index in [-0.39, 0.29) is 11.4 Å². The molecule has 0 aliphatic carbocycles. The summed E-state index contributed by atoms with van der Waals surface area (Å²) in [7, 11) is 1.17. The number of amides is 2. The van der Waals surface area contributed by atoms with Crippen LogP contribution in [0.25, 0.3) is 10.9 Å². The topological polar surface area (TPSA) is 80.3 Å². The number of nitrogens with one attached hydrogen (secondary N) is 2. The van der Waals surface area contributed by atoms with Gasteiger partial charge in [-0.1, -0.05) is 24.3 Å². The molecule has 3 aromatic rings. The first kappa shape index (κ1) is 16.4. The number of nitrogens with zero attached hydrogens (tertiary/aromatic N) is 1. The lowest BCUT2D eigenvalue weighted by molar-refractivity contribution is 0.102. The quantitative estimate of drug-likeness (QED) is 0.760. The molecule has 2 aromatic carbocycles. The van der Waals surface area contributed by atoms with Crippen molar-refractivity contribution in [1.29, 1.82) is 0 Å². The molecular formula is C18H14FN3O3. The van der Waals surface area contributed by atoms with E-state index in [2.05, 4.69) is 20.4 Å². The molecule has 6 nitrogen and oxygen atoms in total. The van der Waals surface area contributed by atoms with Gasteiger partial charge in [-0.2, -0.15) is 0 Å². The summed E-state index contributed by atoms with van der Waals surface area (Å²) in [5.74, 6) is -1.09. The largest absolute Gasteiger partial charge is 0.453 e. The number of hydrogen-bond acceptors (Lipinski definition) is 4. The predicted octanol–water partition coefficient (Wildman–Crippen LogP) is 3.80. The van der Waals surface area contributed by atoms with E-state index in [1.165, 1.54) is 19.2 Å². The summed E-state index contributed by atoms with van der Waals surface area (Å²) in [6.45, 7) is 0. The molecule has 1 heterocycles. The molecule has 7 heteroatoms. The lowest BCUT2D eigenvalue weighted by Crippen LogP contribution is -2.15. The lowest BCUT2D eigenvalue weighted by atomic mass is 10.2. The first-order valence-corrected chi connectivity index (χ1v) is 7.38. The Labute approximate surface area is 142 Å². The molecule has 1 aromatic heterocycles. The van der Waals surface area contributed by atoms with Crippen molar-refractivity contribution in [3.05, 3.63) is 66.1 Å². The van der Waals surface area contributed by atoms with Gasteiger partial charge in [-0.05, 0) is 30.3 Å². The second-order valence-corrected chi connectivity index (χ2v) is 5.15. The molecule has 2 amide bonds. The minimum atomic E-state index is -0.807. The van der Waals surface area contributed by atoms with Crippen molar-refractivity contribution in [2.24, 2.45) is 0 Å². The highest BCUT2D eigenvalue weighted by atomic mass is 19.1. The molecule has 0 radical (unpaired) electrons. The molecule has 0 spiro atoms. The van der Waals surface area contributed by atoms with E-state index in [0.29, 0.717) is 11.2 Å². The smallest absolute Gasteiger partial charge is 0.411 e. The molecule has 0 fully saturated rings. The predicted molar refractivity (Wildman–Crippen MR) is 92.1 cm³/mol. The fourth-order valence-corrected chi connectivity index (χ4v) is 2.25. The van der Waals surface area contributed by atoms with E-state index in [4.69, 9.17) is 0 Å². The minimum Gasteiger partial charge on any atom is -0.453 e. The summed E-state index contributed by atoms with van der Waals surface area (Å²) in [5, 5.41) is 5.78. The van der Waals surface area contributed by atoms with Crippen LogP contribution in [0.2, 0.25) is 0 Å². The molecule has 0 bridgehead atoms. The monoisotopic (exact) mass is 339 g/mol. The Bertz CT molecular complexity index is 959. The molecule has 126 valence electrons. The van der Waals surface area contributed by atoms with Crippen LogP contribution in [0.1, 0.15) is 10.5 Å². The van der Waals surface area contributed by atoms with Gasteiger partial charge in [0.2, 0.25) is 0 Å². The summed E-state index contributed by atoms with van der Waals surface area (Å²) in [4.78, 5) is 27.9. The number of hydrogen-bond donors (Lipinski definition) is 2. The van der Waals surface area contributed by atoms with Crippen molar-refractivity contribution in [3.8, 4) is 0 Å². The van der Waals surface area contributed by atoms with Crippen LogP contribution < -0.4 is 10.6 Å². The van der Waals surface area contributed by atoms with Crippen LogP contribution in [0.4, 0.5) is 20.6 Å². The van der Waals surface area contributed by atoms with Crippen molar-refractivity contribution in [2.75, 3.05) is 17.7 Å². The third kappa shape index (κ3) is 3.72. The maximum absolute atomic E-state index is 13.7. The Kier molecular flexibility index (Phi) is 4.56. The van der Waals surface area contributed by atoms with Crippen LogP contribution in [0.3, 0.4) is 0 Å². The van der Waals surface area contributed by atoms with Gasteiger partial charge in [0.05, 0.1) is 18.3 Å². The SMILES string of the molecule is COC(=O)Nc1cc(NC(=O)c2ccc3ccccc3n2)ccc1F. The number of para-hydroxylation sites is 1. The van der Waals surface area contributed by atoms with Crippen LogP contribution in [0, 0.1) is 5.82 Å². The summed E-state index contributed by atoms with van der Waals surface area (Å²) < 4.78 is 18.1. The van der Waals surface area contributed by atoms with Crippen molar-refractivity contribution in [2.45, 2.75) is 0 Å². The molecule has 0 unspecified atom stereocenters. The molecule has 0 atom stereocenters. The Morgan fingerprint density at radius 3 is 2.64 bits per heavy atom. The molecular weight excluding hydrogens is 325 g/mol. The first-order chi connectivity index (χ1) is 12.1. The lowest BCUT2D eigenvalue weighted by Gasteiger charge is -2.09. The Morgan fingerprint density at radius 2 is 1.84 bits per heavy atom. The fourth-order valence-electron chi connectivity index (χ4n) is 2.25. The molecule has 0 saturated heterocycles. The highest BCUT2D eigenvalue weighted by Gasteiger charge is 2.12. The minimum absolute atomic E-state index is 0.101. The maximum Gasteiger partial charge on any atom is 0.411 e. The molecule has 0 saturated carbocycles. The van der Waals surface area contributed by atoms with E-state index in [1.807, 2.05) is 24.3 Å². The van der Waals surface area contributed by atoms with E-state index in [0.717, 1.165) is 11.5 Å². The van der Waals surface area contributed by atoms with Gasteiger partial charge in [0.15, 0.2) is 0 Å². The van der Waals surface area contributed by atoms with Crippen molar-refractivity contribution < 1.29 is 18.7 Å². The number of anilines is 2. The van der Waals surface area contributed by atoms with E-state index in [9.17, 15) is 14.0 Å². The van der Waals surface area contributed by atoms with Gasteiger partial charge in [-0.25, -0.2) is 14.2 Å². The molecule has 0 aliphatic heterocycles. The summed E-state index contributed by atoms with van der Waals surface area (Å²) in [6.07, 6.45) is -0.807. The highest BCUT2D eigenvalue weighted by Crippen LogP contribution is 2.21. The fraction of sp³-hybridized carbons (Fsp3) is 0.0556. The van der Waals surface area contributed by atoms with Gasteiger partial charge in [-0.3, -0.25) is 10.1 Å². The van der Waals surface area contributed by atoms with E-state index < -0.39 is 17.8 Å². The van der Waals surface area contributed by atoms with Crippen LogP contribution in [0.5, 0.6) is 0 Å². The Hall–Kier alpha value is -3.48. The van der Waals surface area contributed by atoms with Gasteiger partial charge in [0.1, 0.15) is 11.5 Å². The number of ether oxygens (including phenoxy) is 1. The van der Waals surface area contributed by atoms with Crippen molar-refractivity contribution in [3.63, 3.8) is 0 Å². The number of pyridine rings is 1. The van der Waals surface area contributed by atoms with Crippen LogP contribution in [0.15, 0.2) is 54.6 Å². The third-order valence-corrected chi connectivity index (χ3v) is 3.48. The summed E-state index contributed by atoms with van der Waals surface area (Å²) >= 11 is 0. The number of carbonyl (C=O) groups is 2. The number of fused-ring (bicyclic) bond motifs is 1. The number of carbonyl (C=O) groups excluding carboxylic acids is 2. The highest BCUT2D eigenvalue weighted by molar-refractivity contribution is 6.04. The van der Waals surface area contributed by atoms with Gasteiger partial charge in [0, 0.05) is 11.1 Å². The van der Waals surface area contributed by atoms with E-state index in [1.54, 1.807) is 12.1 Å². The van der Waals surface area contributed by atoms with Crippen molar-refractivity contribution in [1.82, 2.24) is 4.98 Å². The Balaban J connectivity index is 1.82. The second kappa shape index (κ2) is 6.96. The maximum atomic E-state index is 13.7. The van der Waals surface area contributed by atoms with Gasteiger partial charge in [0.25, 0.3) is 5.91 Å². The van der Waals surface area contributed by atoms with Crippen LogP contribution >= 0.6 is 0 Å². The number of benzene rings is 2. The molecule has 3 rings (SSSR count). The number of methoxy groups -OCH3 is 1. The number of halogens is 1. The second-order valence-electron chi connectivity index (χ2n) is 5.15. The normalized spacial score (nSPS) is 10.3. The van der Waals surface area contributed by atoms with Crippen molar-refractivity contribution >= 4 is 34.3 Å². The third-order valence-electron chi connectivity index (χ3n) is 3.48. The van der Waals surface area contributed by atoms with Gasteiger partial charge >= 0.3 is 6.09 Å². The number of rotatable bonds is 3. The van der Waals surface area contributed by atoms with Crippen LogP contribution in [-0.4, -0.2) is 24.1 Å². The van der Waals surface area contributed by atoms with E-state index >= 15 is 0 Å². The first-order valence-electron chi connectivity index (χ1n) is 7.38. The number of aromatic nitrogens is 1. The zero-order valence-electron chi connectivity index (χ0n) is 13.2. The van der Waals surface area contributed by atoms with Gasteiger partial charge < -0.3 is 10.1 Å². The van der Waals surface area contributed by atoms with Gasteiger partial charge in [-0.15, -0.1) is 0 Å². The molecule has 25 heavy (non-hydrogen) atoms. The molecule has 0 aliphatic rings. The average Bonchev–Trinajstić information content (AvgIpc) is 2.63.